The van der Waals surface area contributed by atoms with Gasteiger partial charge in [0.2, 0.25) is 0 Å². The highest BCUT2D eigenvalue weighted by Gasteiger charge is 2.03. The van der Waals surface area contributed by atoms with Crippen LogP contribution in [-0.2, 0) is 0 Å². The third kappa shape index (κ3) is 2.81. The van der Waals surface area contributed by atoms with Gasteiger partial charge < -0.3 is 5.32 Å². The second kappa shape index (κ2) is 4.37. The van der Waals surface area contributed by atoms with E-state index in [1.165, 1.54) is 0 Å². The number of hydrogen-bond donors (Lipinski definition) is 1. The van der Waals surface area contributed by atoms with Crippen molar-refractivity contribution in [3.63, 3.8) is 0 Å². The Labute approximate surface area is 86.4 Å². The number of aromatic nitrogens is 2. The van der Waals surface area contributed by atoms with Gasteiger partial charge in [-0.25, -0.2) is 9.97 Å². The van der Waals surface area contributed by atoms with Gasteiger partial charge >= 0.3 is 0 Å². The summed E-state index contributed by atoms with van der Waals surface area (Å²) in [7, 11) is 0. The first-order valence-corrected chi connectivity index (χ1v) is 4.81. The average Bonchev–Trinajstić information content (AvgIpc) is 2.11. The molecule has 70 valence electrons. The number of halogens is 1. The highest BCUT2D eigenvalue weighted by atomic mass is 79.9. The normalized spacial score (nSPS) is 12.2. The van der Waals surface area contributed by atoms with Crippen LogP contribution in [0, 0.1) is 6.92 Å². The lowest BCUT2D eigenvalue weighted by Crippen LogP contribution is -2.13. The van der Waals surface area contributed by atoms with Gasteiger partial charge in [-0.3, -0.25) is 0 Å². The van der Waals surface area contributed by atoms with Gasteiger partial charge in [0.15, 0.2) is 0 Å². The molecule has 0 bridgehead atoms. The minimum atomic E-state index is 0.200. The van der Waals surface area contributed by atoms with Crippen molar-refractivity contribution in [3.8, 4) is 0 Å². The molecule has 1 N–H and O–H groups in total. The highest BCUT2D eigenvalue weighted by molar-refractivity contribution is 9.10. The van der Waals surface area contributed by atoms with Crippen molar-refractivity contribution in [3.05, 3.63) is 29.1 Å². The zero-order valence-corrected chi connectivity index (χ0v) is 9.30. The van der Waals surface area contributed by atoms with Crippen LogP contribution in [0.2, 0.25) is 0 Å². The SMILES string of the molecule is C=CC(C)Nc1nc(C)ncc1Br. The van der Waals surface area contributed by atoms with Crippen molar-refractivity contribution >= 4 is 21.7 Å². The minimum Gasteiger partial charge on any atom is -0.363 e. The monoisotopic (exact) mass is 241 g/mol. The second-order valence-corrected chi connectivity index (χ2v) is 3.64. The van der Waals surface area contributed by atoms with Gasteiger partial charge in [0.05, 0.1) is 4.47 Å². The fourth-order valence-electron chi connectivity index (χ4n) is 0.831. The Morgan fingerprint density at radius 2 is 2.38 bits per heavy atom. The first-order valence-electron chi connectivity index (χ1n) is 4.01. The molecule has 0 radical (unpaired) electrons. The number of anilines is 1. The number of nitrogens with one attached hydrogen (secondary N) is 1. The van der Waals surface area contributed by atoms with Crippen LogP contribution in [0.25, 0.3) is 0 Å². The summed E-state index contributed by atoms with van der Waals surface area (Å²) < 4.78 is 0.867. The van der Waals surface area contributed by atoms with Crippen LogP contribution < -0.4 is 5.32 Å². The third-order valence-corrected chi connectivity index (χ3v) is 2.16. The Balaban J connectivity index is 2.86. The standard InChI is InChI=1S/C9H12BrN3/c1-4-6(2)12-9-8(10)5-11-7(3)13-9/h4-6H,1H2,2-3H3,(H,11,12,13). The Hall–Kier alpha value is -0.900. The summed E-state index contributed by atoms with van der Waals surface area (Å²) in [6.45, 7) is 7.56. The van der Waals surface area contributed by atoms with E-state index in [9.17, 15) is 0 Å². The zero-order chi connectivity index (χ0) is 9.84. The van der Waals surface area contributed by atoms with E-state index in [0.717, 1.165) is 16.1 Å². The van der Waals surface area contributed by atoms with E-state index in [1.54, 1.807) is 6.20 Å². The van der Waals surface area contributed by atoms with E-state index in [1.807, 2.05) is 19.9 Å². The van der Waals surface area contributed by atoms with Crippen molar-refractivity contribution in [2.24, 2.45) is 0 Å². The molecule has 1 unspecified atom stereocenters. The van der Waals surface area contributed by atoms with E-state index in [4.69, 9.17) is 0 Å². The fourth-order valence-corrected chi connectivity index (χ4v) is 1.14. The van der Waals surface area contributed by atoms with Gasteiger partial charge in [-0.15, -0.1) is 6.58 Å². The van der Waals surface area contributed by atoms with Crippen molar-refractivity contribution < 1.29 is 0 Å². The molecule has 0 aliphatic rings. The van der Waals surface area contributed by atoms with Crippen molar-refractivity contribution in [2.75, 3.05) is 5.32 Å². The summed E-state index contributed by atoms with van der Waals surface area (Å²) in [6, 6.07) is 0.200. The second-order valence-electron chi connectivity index (χ2n) is 2.78. The van der Waals surface area contributed by atoms with Crippen LogP contribution in [0.15, 0.2) is 23.3 Å². The quantitative estimate of drug-likeness (QED) is 0.827. The van der Waals surface area contributed by atoms with Crippen molar-refractivity contribution in [1.82, 2.24) is 9.97 Å². The summed E-state index contributed by atoms with van der Waals surface area (Å²) in [4.78, 5) is 8.29. The Morgan fingerprint density at radius 1 is 1.69 bits per heavy atom. The van der Waals surface area contributed by atoms with E-state index >= 15 is 0 Å². The van der Waals surface area contributed by atoms with Gasteiger partial charge in [0.1, 0.15) is 11.6 Å². The molecule has 1 atom stereocenters. The molecular formula is C9H12BrN3. The summed E-state index contributed by atoms with van der Waals surface area (Å²) >= 11 is 3.37. The maximum Gasteiger partial charge on any atom is 0.144 e. The lowest BCUT2D eigenvalue weighted by Gasteiger charge is -2.11. The maximum atomic E-state index is 4.24. The Bertz CT molecular complexity index is 312. The Kier molecular flexibility index (Phi) is 3.42. The fraction of sp³-hybridized carbons (Fsp3) is 0.333. The lowest BCUT2D eigenvalue weighted by atomic mass is 10.3. The molecule has 13 heavy (non-hydrogen) atoms. The smallest absolute Gasteiger partial charge is 0.144 e. The summed E-state index contributed by atoms with van der Waals surface area (Å²) in [5.41, 5.74) is 0. The highest BCUT2D eigenvalue weighted by Crippen LogP contribution is 2.18. The van der Waals surface area contributed by atoms with E-state index in [2.05, 4.69) is 37.8 Å². The van der Waals surface area contributed by atoms with Gasteiger partial charge in [-0.2, -0.15) is 0 Å². The largest absolute Gasteiger partial charge is 0.363 e. The van der Waals surface area contributed by atoms with E-state index in [0.29, 0.717) is 0 Å². The number of rotatable bonds is 3. The number of hydrogen-bond acceptors (Lipinski definition) is 3. The minimum absolute atomic E-state index is 0.200. The number of nitrogens with zero attached hydrogens (tertiary/aromatic N) is 2. The first kappa shape index (κ1) is 10.2. The average molecular weight is 242 g/mol. The summed E-state index contributed by atoms with van der Waals surface area (Å²) in [5.74, 6) is 1.56. The van der Waals surface area contributed by atoms with Crippen LogP contribution in [0.1, 0.15) is 12.7 Å². The molecule has 0 aliphatic carbocycles. The Morgan fingerprint density at radius 3 is 3.00 bits per heavy atom. The first-order chi connectivity index (χ1) is 6.13. The molecular weight excluding hydrogens is 230 g/mol. The van der Waals surface area contributed by atoms with Crippen LogP contribution in [0.5, 0.6) is 0 Å². The molecule has 0 saturated heterocycles. The molecule has 0 saturated carbocycles. The van der Waals surface area contributed by atoms with E-state index < -0.39 is 0 Å². The van der Waals surface area contributed by atoms with Crippen LogP contribution in [0.4, 0.5) is 5.82 Å². The number of aryl methyl sites for hydroxylation is 1. The topological polar surface area (TPSA) is 37.8 Å². The van der Waals surface area contributed by atoms with Crippen molar-refractivity contribution in [1.29, 1.82) is 0 Å². The molecule has 1 aromatic rings. The summed E-state index contributed by atoms with van der Waals surface area (Å²) in [6.07, 6.45) is 3.56. The molecule has 0 amide bonds. The zero-order valence-electron chi connectivity index (χ0n) is 7.71. The van der Waals surface area contributed by atoms with Gasteiger partial charge in [-0.1, -0.05) is 6.08 Å². The van der Waals surface area contributed by atoms with Gasteiger partial charge in [0, 0.05) is 12.2 Å². The lowest BCUT2D eigenvalue weighted by molar-refractivity contribution is 0.954. The predicted octanol–water partition coefficient (Wildman–Crippen LogP) is 2.53. The molecule has 4 heteroatoms. The van der Waals surface area contributed by atoms with Crippen molar-refractivity contribution in [2.45, 2.75) is 19.9 Å². The van der Waals surface area contributed by atoms with Crippen LogP contribution in [-0.4, -0.2) is 16.0 Å². The summed E-state index contributed by atoms with van der Waals surface area (Å²) in [5, 5.41) is 3.18. The molecule has 0 spiro atoms. The van der Waals surface area contributed by atoms with Gasteiger partial charge in [-0.05, 0) is 29.8 Å². The molecule has 0 fully saturated rings. The maximum absolute atomic E-state index is 4.24. The molecule has 1 aromatic heterocycles. The third-order valence-electron chi connectivity index (χ3n) is 1.58. The van der Waals surface area contributed by atoms with E-state index in [-0.39, 0.29) is 6.04 Å². The molecule has 0 aromatic carbocycles. The van der Waals surface area contributed by atoms with Gasteiger partial charge in [0.25, 0.3) is 0 Å². The molecule has 1 rings (SSSR count). The molecule has 0 aliphatic heterocycles. The predicted molar refractivity (Wildman–Crippen MR) is 57.8 cm³/mol. The van der Waals surface area contributed by atoms with Crippen LogP contribution in [0.3, 0.4) is 0 Å². The molecule has 1 heterocycles. The molecule has 3 nitrogen and oxygen atoms in total. The van der Waals surface area contributed by atoms with Crippen LogP contribution >= 0.6 is 15.9 Å².